The number of benzene rings is 2. The fraction of sp³-hybridized carbons (Fsp3) is 0.488. The second-order valence-electron chi connectivity index (χ2n) is 15.5. The van der Waals surface area contributed by atoms with E-state index in [0.29, 0.717) is 26.1 Å². The fourth-order valence-corrected chi connectivity index (χ4v) is 6.67. The van der Waals surface area contributed by atoms with Crippen LogP contribution < -0.4 is 16.1 Å². The molecule has 0 radical (unpaired) electrons. The van der Waals surface area contributed by atoms with Crippen molar-refractivity contribution in [1.82, 2.24) is 35.9 Å². The molecule has 0 saturated carbocycles. The van der Waals surface area contributed by atoms with Crippen LogP contribution >= 0.6 is 0 Å². The van der Waals surface area contributed by atoms with Crippen molar-refractivity contribution in [2.45, 2.75) is 98.6 Å². The molecule has 13 heteroatoms. The number of aliphatic hydroxyl groups is 1. The summed E-state index contributed by atoms with van der Waals surface area (Å²) in [5.41, 5.74) is 6.52. The van der Waals surface area contributed by atoms with Crippen LogP contribution in [0.2, 0.25) is 0 Å². The van der Waals surface area contributed by atoms with E-state index in [1.165, 1.54) is 0 Å². The van der Waals surface area contributed by atoms with Gasteiger partial charge in [0, 0.05) is 31.9 Å². The minimum atomic E-state index is -1.33. The summed E-state index contributed by atoms with van der Waals surface area (Å²) >= 11 is 0. The second kappa shape index (κ2) is 18.8. The first kappa shape index (κ1) is 41.7. The molecule has 5 amide bonds. The summed E-state index contributed by atoms with van der Waals surface area (Å²) in [6.07, 6.45) is -1.61. The molecular weight excluding hydrogens is 686 g/mol. The van der Waals surface area contributed by atoms with E-state index in [4.69, 9.17) is 0 Å². The zero-order valence-corrected chi connectivity index (χ0v) is 32.6. The van der Waals surface area contributed by atoms with E-state index in [1.54, 1.807) is 35.6 Å². The lowest BCUT2D eigenvalue weighted by Crippen LogP contribution is -2.60. The summed E-state index contributed by atoms with van der Waals surface area (Å²) in [4.78, 5) is 61.4. The van der Waals surface area contributed by atoms with Gasteiger partial charge in [-0.25, -0.2) is 14.6 Å². The van der Waals surface area contributed by atoms with E-state index in [9.17, 15) is 29.4 Å². The van der Waals surface area contributed by atoms with Crippen molar-refractivity contribution in [3.05, 3.63) is 101 Å². The van der Waals surface area contributed by atoms with Crippen LogP contribution in [0.3, 0.4) is 0 Å². The average molecular weight is 744 g/mol. The normalized spacial score (nSPS) is 16.1. The number of nitrogens with one attached hydrogen (secondary N) is 3. The lowest BCUT2D eigenvalue weighted by molar-refractivity contribution is -0.132. The highest BCUT2D eigenvalue weighted by Gasteiger charge is 2.41. The molecule has 54 heavy (non-hydrogen) atoms. The lowest BCUT2D eigenvalue weighted by Gasteiger charge is -2.36. The van der Waals surface area contributed by atoms with Gasteiger partial charge in [-0.1, -0.05) is 107 Å². The molecule has 5 atom stereocenters. The number of hydrogen-bond acceptors (Lipinski definition) is 7. The third-order valence-corrected chi connectivity index (χ3v) is 9.87. The predicted molar refractivity (Wildman–Crippen MR) is 207 cm³/mol. The quantitative estimate of drug-likeness (QED) is 0.125. The van der Waals surface area contributed by atoms with Gasteiger partial charge in [0.2, 0.25) is 5.91 Å². The molecule has 1 aliphatic rings. The molecule has 1 aliphatic heterocycles. The van der Waals surface area contributed by atoms with Crippen LogP contribution in [-0.4, -0.2) is 97.8 Å². The Morgan fingerprint density at radius 3 is 2.20 bits per heavy atom. The van der Waals surface area contributed by atoms with Crippen molar-refractivity contribution in [2.75, 3.05) is 19.6 Å². The molecule has 1 fully saturated rings. The maximum atomic E-state index is 14.4. The highest BCUT2D eigenvalue weighted by atomic mass is 16.4. The van der Waals surface area contributed by atoms with Crippen LogP contribution in [0.5, 0.6) is 0 Å². The molecule has 292 valence electrons. The number of nitrogens with zero attached hydrogens (tertiary/aromatic N) is 4. The number of carbonyl (C=O) groups excluding carboxylic acids is 3. The number of aryl methyl sites for hydroxylation is 2. The molecule has 13 nitrogen and oxygen atoms in total. The Kier molecular flexibility index (Phi) is 14.6. The van der Waals surface area contributed by atoms with Crippen LogP contribution in [0, 0.1) is 25.2 Å². The minimum Gasteiger partial charge on any atom is -0.465 e. The summed E-state index contributed by atoms with van der Waals surface area (Å²) < 4.78 is 0. The highest BCUT2D eigenvalue weighted by molar-refractivity contribution is 5.88. The number of urea groups is 1. The number of hydrogen-bond donors (Lipinski definition) is 5. The summed E-state index contributed by atoms with van der Waals surface area (Å²) in [6.45, 7) is 14.3. The van der Waals surface area contributed by atoms with Gasteiger partial charge in [-0.2, -0.15) is 0 Å². The number of amides is 5. The Morgan fingerprint density at radius 2 is 1.59 bits per heavy atom. The first-order chi connectivity index (χ1) is 25.5. The van der Waals surface area contributed by atoms with Crippen molar-refractivity contribution in [3.63, 3.8) is 0 Å². The number of carboxylic acid groups (broad SMARTS) is 1. The van der Waals surface area contributed by atoms with Gasteiger partial charge in [0.25, 0.3) is 5.91 Å². The molecule has 0 unspecified atom stereocenters. The van der Waals surface area contributed by atoms with E-state index >= 15 is 0 Å². The van der Waals surface area contributed by atoms with E-state index in [-0.39, 0.29) is 37.4 Å². The molecule has 2 heterocycles. The molecule has 0 bridgehead atoms. The van der Waals surface area contributed by atoms with Gasteiger partial charge in [-0.05, 0) is 54.9 Å². The molecule has 0 spiro atoms. The molecule has 1 aromatic heterocycles. The third-order valence-electron chi connectivity index (χ3n) is 9.87. The standard InChI is InChI=1S/C41H57N7O6/c1-8-28(3)35(48-22-21-46(40(48)54)25-32-16-12-13-29(4)42-32)37(50)43-33(23-30-14-10-9-11-15-30)34(49)26-47(24-31-19-17-27(2)18-20-31)45-38(51)36(41(5,6)7)44-39(52)53/h9-20,28,33-36,44,49H,8,21-26H2,1-7H3,(H,43,50)(H,45,51)(H,52,53)/t28-,33-,34-,35-,36+/m0/s1. The van der Waals surface area contributed by atoms with Crippen LogP contribution in [0.4, 0.5) is 9.59 Å². The van der Waals surface area contributed by atoms with Crippen LogP contribution in [0.15, 0.2) is 72.8 Å². The van der Waals surface area contributed by atoms with E-state index < -0.39 is 41.6 Å². The van der Waals surface area contributed by atoms with Crippen LogP contribution in [0.1, 0.15) is 69.1 Å². The minimum absolute atomic E-state index is 0.102. The van der Waals surface area contributed by atoms with Gasteiger partial charge in [-0.15, -0.1) is 0 Å². The predicted octanol–water partition coefficient (Wildman–Crippen LogP) is 4.65. The van der Waals surface area contributed by atoms with Crippen molar-refractivity contribution in [1.29, 1.82) is 0 Å². The Balaban J connectivity index is 1.60. The smallest absolute Gasteiger partial charge is 0.405 e. The van der Waals surface area contributed by atoms with Gasteiger partial charge in [0.05, 0.1) is 24.4 Å². The first-order valence-corrected chi connectivity index (χ1v) is 18.7. The molecule has 4 rings (SSSR count). The zero-order valence-electron chi connectivity index (χ0n) is 32.6. The second-order valence-corrected chi connectivity index (χ2v) is 15.5. The van der Waals surface area contributed by atoms with Crippen molar-refractivity contribution >= 4 is 23.9 Å². The van der Waals surface area contributed by atoms with Gasteiger partial charge < -0.3 is 30.6 Å². The summed E-state index contributed by atoms with van der Waals surface area (Å²) in [5.74, 6) is -1.14. The van der Waals surface area contributed by atoms with Gasteiger partial charge in [0.15, 0.2) is 0 Å². The summed E-state index contributed by atoms with van der Waals surface area (Å²) in [7, 11) is 0. The van der Waals surface area contributed by atoms with E-state index in [2.05, 4.69) is 21.0 Å². The number of aliphatic hydroxyl groups excluding tert-OH is 1. The van der Waals surface area contributed by atoms with Crippen LogP contribution in [-0.2, 0) is 29.1 Å². The van der Waals surface area contributed by atoms with E-state index in [0.717, 1.165) is 28.1 Å². The van der Waals surface area contributed by atoms with E-state index in [1.807, 2.05) is 100 Å². The van der Waals surface area contributed by atoms with Gasteiger partial charge in [0.1, 0.15) is 12.1 Å². The Hall–Kier alpha value is -5.01. The van der Waals surface area contributed by atoms with Crippen molar-refractivity contribution in [2.24, 2.45) is 11.3 Å². The highest BCUT2D eigenvalue weighted by Crippen LogP contribution is 2.24. The number of rotatable bonds is 17. The molecular formula is C41H57N7O6. The Bertz CT molecular complexity index is 1710. The summed E-state index contributed by atoms with van der Waals surface area (Å²) in [6, 6.07) is 20.0. The molecule has 3 aromatic rings. The SMILES string of the molecule is CC[C@H](C)[C@@H](C(=O)N[C@@H](Cc1ccccc1)[C@@H](O)CN(Cc1ccc(C)cc1)NC(=O)[C@@H](NC(=O)O)C(C)(C)C)N1CCN(Cc2cccc(C)n2)C1=O. The van der Waals surface area contributed by atoms with Gasteiger partial charge >= 0.3 is 12.1 Å². The lowest BCUT2D eigenvalue weighted by atomic mass is 9.86. The maximum absolute atomic E-state index is 14.4. The fourth-order valence-electron chi connectivity index (χ4n) is 6.67. The Morgan fingerprint density at radius 1 is 0.907 bits per heavy atom. The molecule has 1 saturated heterocycles. The summed E-state index contributed by atoms with van der Waals surface area (Å²) in [5, 5.41) is 28.5. The maximum Gasteiger partial charge on any atom is 0.405 e. The molecule has 5 N–H and O–H groups in total. The number of pyridine rings is 1. The number of aromatic nitrogens is 1. The molecule has 2 aromatic carbocycles. The Labute approximate surface area is 319 Å². The first-order valence-electron chi connectivity index (χ1n) is 18.7. The van der Waals surface area contributed by atoms with Crippen LogP contribution in [0.25, 0.3) is 0 Å². The van der Waals surface area contributed by atoms with Crippen molar-refractivity contribution < 1.29 is 29.4 Å². The topological polar surface area (TPSA) is 167 Å². The molecule has 0 aliphatic carbocycles. The number of hydrazine groups is 1. The zero-order chi connectivity index (χ0) is 39.6. The number of carbonyl (C=O) groups is 4. The average Bonchev–Trinajstić information content (AvgIpc) is 3.46. The third kappa shape index (κ3) is 11.7. The largest absolute Gasteiger partial charge is 0.465 e. The monoisotopic (exact) mass is 743 g/mol. The van der Waals surface area contributed by atoms with Gasteiger partial charge in [-0.3, -0.25) is 20.0 Å². The van der Waals surface area contributed by atoms with Crippen molar-refractivity contribution in [3.8, 4) is 0 Å².